The van der Waals surface area contributed by atoms with Gasteiger partial charge in [-0.05, 0) is 69.9 Å². The zero-order valence-corrected chi connectivity index (χ0v) is 21.9. The normalized spacial score (nSPS) is 31.3. The number of aryl methyl sites for hydroxylation is 2. The summed E-state index contributed by atoms with van der Waals surface area (Å²) in [4.78, 5) is 43.2. The summed E-state index contributed by atoms with van der Waals surface area (Å²) >= 11 is 1.62. The van der Waals surface area contributed by atoms with Crippen LogP contribution in [-0.2, 0) is 14.4 Å². The summed E-state index contributed by atoms with van der Waals surface area (Å²) in [6.07, 6.45) is 1.40. The fourth-order valence-corrected chi connectivity index (χ4v) is 8.78. The average Bonchev–Trinajstić information content (AvgIpc) is 3.42. The first-order valence-electron chi connectivity index (χ1n) is 12.5. The van der Waals surface area contributed by atoms with Gasteiger partial charge < -0.3 is 20.6 Å². The highest BCUT2D eigenvalue weighted by molar-refractivity contribution is 8.02. The van der Waals surface area contributed by atoms with Crippen LogP contribution in [0.25, 0.3) is 0 Å². The van der Waals surface area contributed by atoms with E-state index in [-0.39, 0.29) is 24.3 Å². The quantitative estimate of drug-likeness (QED) is 0.553. The summed E-state index contributed by atoms with van der Waals surface area (Å²) in [5.41, 5.74) is 3.36. The largest absolute Gasteiger partial charge is 0.394 e. The molecule has 0 saturated carbocycles. The van der Waals surface area contributed by atoms with Gasteiger partial charge >= 0.3 is 0 Å². The molecule has 0 aliphatic carbocycles. The predicted molar refractivity (Wildman–Crippen MR) is 142 cm³/mol. The minimum absolute atomic E-state index is 0.191. The van der Waals surface area contributed by atoms with Crippen molar-refractivity contribution in [1.29, 1.82) is 0 Å². The van der Waals surface area contributed by atoms with Gasteiger partial charge in [0.2, 0.25) is 17.7 Å². The summed E-state index contributed by atoms with van der Waals surface area (Å²) in [5.74, 6) is -1.88. The van der Waals surface area contributed by atoms with Crippen molar-refractivity contribution in [2.45, 2.75) is 62.1 Å². The van der Waals surface area contributed by atoms with Gasteiger partial charge in [0.05, 0.1) is 29.2 Å². The zero-order valence-electron chi connectivity index (χ0n) is 21.1. The molecule has 1 spiro atoms. The number of thioether (sulfide) groups is 1. The molecule has 5 rings (SSSR count). The first kappa shape index (κ1) is 24.8. The molecule has 2 aromatic rings. The number of nitrogens with one attached hydrogen (secondary N) is 2. The van der Waals surface area contributed by atoms with E-state index in [1.165, 1.54) is 0 Å². The molecule has 3 fully saturated rings. The van der Waals surface area contributed by atoms with E-state index in [1.54, 1.807) is 23.6 Å². The number of likely N-dealkylation sites (tertiary alicyclic amines) is 1. The average molecular weight is 508 g/mol. The van der Waals surface area contributed by atoms with Gasteiger partial charge in [0.15, 0.2) is 0 Å². The number of para-hydroxylation sites is 1. The van der Waals surface area contributed by atoms with E-state index in [0.717, 1.165) is 17.5 Å². The number of benzene rings is 2. The van der Waals surface area contributed by atoms with Crippen molar-refractivity contribution in [3.8, 4) is 0 Å². The summed E-state index contributed by atoms with van der Waals surface area (Å²) in [5, 5.41) is 16.1. The molecule has 8 heteroatoms. The number of hydrogen-bond acceptors (Lipinski definition) is 5. The number of amides is 3. The molecule has 0 radical (unpaired) electrons. The molecule has 190 valence electrons. The lowest BCUT2D eigenvalue weighted by molar-refractivity contribution is -0.141. The third-order valence-electron chi connectivity index (χ3n) is 8.18. The molecule has 3 aliphatic heterocycles. The number of carbonyl (C=O) groups is 3. The molecule has 0 aromatic heterocycles. The van der Waals surface area contributed by atoms with Crippen molar-refractivity contribution in [3.63, 3.8) is 0 Å². The molecule has 2 aromatic carbocycles. The Bertz CT molecular complexity index is 1220. The Kier molecular flexibility index (Phi) is 6.16. The second-order valence-electron chi connectivity index (χ2n) is 10.7. The van der Waals surface area contributed by atoms with Crippen molar-refractivity contribution in [1.82, 2.24) is 4.90 Å². The van der Waals surface area contributed by atoms with Crippen LogP contribution in [0.2, 0.25) is 0 Å². The van der Waals surface area contributed by atoms with E-state index < -0.39 is 33.4 Å². The standard InChI is InChI=1S/C28H33N3O4S/c1-16-10-11-17(2)20(14-16)30-25(34)23-28-13-12-27(4,36-28)21(22(28)26(35)31(23)18(3)15-32)24(33)29-19-8-6-5-7-9-19/h5-11,14,18,21-23,32H,12-13,15H2,1-4H3,(H,29,33)(H,30,34)/t18-,21+,22+,23?,27-,28?/m1/s1. The van der Waals surface area contributed by atoms with E-state index in [4.69, 9.17) is 0 Å². The zero-order chi connectivity index (χ0) is 25.8. The van der Waals surface area contributed by atoms with Crippen LogP contribution < -0.4 is 10.6 Å². The Hall–Kier alpha value is -2.84. The van der Waals surface area contributed by atoms with Crippen LogP contribution in [0.5, 0.6) is 0 Å². The molecule has 3 saturated heterocycles. The highest BCUT2D eigenvalue weighted by atomic mass is 32.2. The number of fused-ring (bicyclic) bond motifs is 1. The Morgan fingerprint density at radius 2 is 1.83 bits per heavy atom. The van der Waals surface area contributed by atoms with Crippen LogP contribution in [0.15, 0.2) is 48.5 Å². The molecule has 3 N–H and O–H groups in total. The van der Waals surface area contributed by atoms with Gasteiger partial charge in [-0.1, -0.05) is 30.3 Å². The summed E-state index contributed by atoms with van der Waals surface area (Å²) in [6, 6.07) is 13.8. The van der Waals surface area contributed by atoms with Gasteiger partial charge in [-0.3, -0.25) is 14.4 Å². The highest BCUT2D eigenvalue weighted by Gasteiger charge is 2.77. The van der Waals surface area contributed by atoms with Crippen LogP contribution in [-0.4, -0.2) is 55.9 Å². The SMILES string of the molecule is Cc1ccc(C)c(NC(=O)C2N([C@H](C)CO)C(=O)[C@@H]3[C@@H](C(=O)Nc4ccccc4)[C@@]4(C)CCC23S4)c1. The monoisotopic (exact) mass is 507 g/mol. The van der Waals surface area contributed by atoms with E-state index in [9.17, 15) is 19.5 Å². The van der Waals surface area contributed by atoms with Gasteiger partial charge in [-0.15, -0.1) is 11.8 Å². The van der Waals surface area contributed by atoms with Crippen LogP contribution in [0.1, 0.15) is 37.8 Å². The molecule has 3 amide bonds. The number of nitrogens with zero attached hydrogens (tertiary/aromatic N) is 1. The fourth-order valence-electron chi connectivity index (χ4n) is 6.44. The third-order valence-corrected chi connectivity index (χ3v) is 10.2. The van der Waals surface area contributed by atoms with Gasteiger partial charge in [-0.25, -0.2) is 0 Å². The minimum Gasteiger partial charge on any atom is -0.394 e. The second kappa shape index (κ2) is 8.92. The first-order valence-corrected chi connectivity index (χ1v) is 13.3. The lowest BCUT2D eigenvalue weighted by Crippen LogP contribution is -2.54. The van der Waals surface area contributed by atoms with Gasteiger partial charge in [0.25, 0.3) is 0 Å². The Labute approximate surface area is 216 Å². The molecular formula is C28H33N3O4S. The first-order chi connectivity index (χ1) is 17.1. The van der Waals surface area contributed by atoms with Crippen molar-refractivity contribution < 1.29 is 19.5 Å². The van der Waals surface area contributed by atoms with Crippen molar-refractivity contribution in [2.75, 3.05) is 17.2 Å². The second-order valence-corrected chi connectivity index (χ2v) is 12.6. The number of hydrogen-bond donors (Lipinski definition) is 3. The van der Waals surface area contributed by atoms with Crippen LogP contribution in [0.4, 0.5) is 11.4 Å². The Balaban J connectivity index is 1.53. The topological polar surface area (TPSA) is 98.7 Å². The number of aliphatic hydroxyl groups excluding tert-OH is 1. The Morgan fingerprint density at radius 3 is 2.53 bits per heavy atom. The summed E-state index contributed by atoms with van der Waals surface area (Å²) in [7, 11) is 0. The predicted octanol–water partition coefficient (Wildman–Crippen LogP) is 3.74. The van der Waals surface area contributed by atoms with E-state index in [0.29, 0.717) is 17.8 Å². The number of aliphatic hydroxyl groups is 1. The van der Waals surface area contributed by atoms with Gasteiger partial charge in [-0.2, -0.15) is 0 Å². The maximum absolute atomic E-state index is 14.0. The molecule has 6 atom stereocenters. The van der Waals surface area contributed by atoms with E-state index >= 15 is 0 Å². The molecule has 36 heavy (non-hydrogen) atoms. The maximum atomic E-state index is 14.0. The molecule has 3 aliphatic rings. The van der Waals surface area contributed by atoms with Gasteiger partial charge in [0, 0.05) is 16.1 Å². The van der Waals surface area contributed by atoms with Crippen LogP contribution in [0, 0.1) is 25.7 Å². The highest BCUT2D eigenvalue weighted by Crippen LogP contribution is 2.71. The number of rotatable bonds is 6. The van der Waals surface area contributed by atoms with Crippen LogP contribution >= 0.6 is 11.8 Å². The van der Waals surface area contributed by atoms with E-state index in [2.05, 4.69) is 10.6 Å². The van der Waals surface area contributed by atoms with E-state index in [1.807, 2.05) is 69.3 Å². The number of anilines is 2. The minimum atomic E-state index is -0.779. The lowest BCUT2D eigenvalue weighted by atomic mass is 9.66. The number of carbonyl (C=O) groups excluding carboxylic acids is 3. The van der Waals surface area contributed by atoms with Crippen molar-refractivity contribution in [2.24, 2.45) is 11.8 Å². The lowest BCUT2D eigenvalue weighted by Gasteiger charge is -2.36. The van der Waals surface area contributed by atoms with Crippen molar-refractivity contribution >= 4 is 40.9 Å². The Morgan fingerprint density at radius 1 is 1.11 bits per heavy atom. The third kappa shape index (κ3) is 3.73. The maximum Gasteiger partial charge on any atom is 0.248 e. The van der Waals surface area contributed by atoms with Crippen LogP contribution in [0.3, 0.4) is 0 Å². The summed E-state index contributed by atoms with van der Waals surface area (Å²) in [6.45, 7) is 7.45. The fraction of sp³-hybridized carbons (Fsp3) is 0.464. The molecule has 3 heterocycles. The molecule has 2 bridgehead atoms. The van der Waals surface area contributed by atoms with Crippen molar-refractivity contribution in [3.05, 3.63) is 59.7 Å². The smallest absolute Gasteiger partial charge is 0.248 e. The van der Waals surface area contributed by atoms with Gasteiger partial charge in [0.1, 0.15) is 6.04 Å². The molecule has 2 unspecified atom stereocenters. The molecule has 7 nitrogen and oxygen atoms in total. The molecular weight excluding hydrogens is 474 g/mol. The summed E-state index contributed by atoms with van der Waals surface area (Å²) < 4.78 is -1.18.